The van der Waals surface area contributed by atoms with Crippen LogP contribution in [0.3, 0.4) is 0 Å². The van der Waals surface area contributed by atoms with Crippen molar-refractivity contribution in [3.8, 4) is 11.8 Å². The van der Waals surface area contributed by atoms with Crippen LogP contribution in [-0.4, -0.2) is 18.2 Å². The third-order valence-electron chi connectivity index (χ3n) is 2.13. The second-order valence-corrected chi connectivity index (χ2v) is 5.22. The first-order chi connectivity index (χ1) is 9.28. The van der Waals surface area contributed by atoms with E-state index >= 15 is 0 Å². The van der Waals surface area contributed by atoms with Gasteiger partial charge in [-0.1, -0.05) is 11.8 Å². The molecule has 1 rings (SSSR count). The lowest BCUT2D eigenvalue weighted by Gasteiger charge is -2.19. The van der Waals surface area contributed by atoms with Crippen LogP contribution in [0, 0.1) is 17.7 Å². The Morgan fingerprint density at radius 2 is 2.15 bits per heavy atom. The van der Waals surface area contributed by atoms with Crippen molar-refractivity contribution >= 4 is 11.8 Å². The van der Waals surface area contributed by atoms with Gasteiger partial charge in [-0.05, 0) is 39.0 Å². The van der Waals surface area contributed by atoms with Gasteiger partial charge < -0.3 is 15.8 Å². The van der Waals surface area contributed by atoms with Gasteiger partial charge in [0.2, 0.25) is 0 Å². The lowest BCUT2D eigenvalue weighted by atomic mass is 10.2. The molecule has 0 aliphatic rings. The molecule has 20 heavy (non-hydrogen) atoms. The maximum absolute atomic E-state index is 13.4. The van der Waals surface area contributed by atoms with Gasteiger partial charge >= 0.3 is 6.09 Å². The fourth-order valence-electron chi connectivity index (χ4n) is 1.33. The first kappa shape index (κ1) is 15.8. The van der Waals surface area contributed by atoms with E-state index in [1.54, 1.807) is 26.8 Å². The van der Waals surface area contributed by atoms with Crippen LogP contribution < -0.4 is 11.1 Å². The van der Waals surface area contributed by atoms with Crippen LogP contribution in [0.1, 0.15) is 32.8 Å². The average molecular weight is 278 g/mol. The smallest absolute Gasteiger partial charge is 0.407 e. The Morgan fingerprint density at radius 3 is 2.75 bits per heavy atom. The Balaban J connectivity index is 2.38. The molecule has 108 valence electrons. The standard InChI is InChI=1S/C15H19FN2O2/c1-15(2,3)20-14(19)18-9-5-4-6-11-7-8-12(17)10-13(11)16/h7-8,10H,5,9,17H2,1-3H3,(H,18,19). The summed E-state index contributed by atoms with van der Waals surface area (Å²) in [6, 6.07) is 4.34. The highest BCUT2D eigenvalue weighted by Crippen LogP contribution is 2.10. The van der Waals surface area contributed by atoms with Gasteiger partial charge in [0.15, 0.2) is 0 Å². The Kier molecular flexibility index (Phi) is 5.39. The van der Waals surface area contributed by atoms with Crippen molar-refractivity contribution in [3.63, 3.8) is 0 Å². The monoisotopic (exact) mass is 278 g/mol. The highest BCUT2D eigenvalue weighted by Gasteiger charge is 2.15. The zero-order valence-corrected chi connectivity index (χ0v) is 11.9. The van der Waals surface area contributed by atoms with Gasteiger partial charge in [-0.2, -0.15) is 0 Å². The largest absolute Gasteiger partial charge is 0.444 e. The number of nitrogens with two attached hydrogens (primary N) is 1. The Morgan fingerprint density at radius 1 is 1.45 bits per heavy atom. The quantitative estimate of drug-likeness (QED) is 0.496. The number of hydrogen-bond acceptors (Lipinski definition) is 3. The molecule has 1 amide bonds. The number of carbonyl (C=O) groups excluding carboxylic acids is 1. The number of rotatable bonds is 2. The fraction of sp³-hybridized carbons (Fsp3) is 0.400. The Labute approximate surface area is 118 Å². The molecular weight excluding hydrogens is 259 g/mol. The molecule has 0 fully saturated rings. The van der Waals surface area contributed by atoms with E-state index < -0.39 is 17.5 Å². The van der Waals surface area contributed by atoms with E-state index in [-0.39, 0.29) is 5.56 Å². The van der Waals surface area contributed by atoms with Crippen LogP contribution in [0.5, 0.6) is 0 Å². The van der Waals surface area contributed by atoms with Crippen LogP contribution in [0.2, 0.25) is 0 Å². The van der Waals surface area contributed by atoms with Crippen LogP contribution in [0.15, 0.2) is 18.2 Å². The summed E-state index contributed by atoms with van der Waals surface area (Å²) < 4.78 is 18.5. The Hall–Kier alpha value is -2.22. The molecule has 1 aromatic carbocycles. The number of halogens is 1. The summed E-state index contributed by atoms with van der Waals surface area (Å²) >= 11 is 0. The number of amides is 1. The van der Waals surface area contributed by atoms with E-state index in [0.29, 0.717) is 18.7 Å². The molecule has 3 N–H and O–H groups in total. The molecular formula is C15H19FN2O2. The highest BCUT2D eigenvalue weighted by molar-refractivity contribution is 5.67. The minimum Gasteiger partial charge on any atom is -0.444 e. The number of anilines is 1. The topological polar surface area (TPSA) is 64.3 Å². The summed E-state index contributed by atoms with van der Waals surface area (Å²) in [5.74, 6) is 5.02. The molecule has 0 aliphatic carbocycles. The maximum atomic E-state index is 13.4. The van der Waals surface area contributed by atoms with Gasteiger partial charge in [0.1, 0.15) is 11.4 Å². The average Bonchev–Trinajstić information content (AvgIpc) is 2.28. The van der Waals surface area contributed by atoms with E-state index in [9.17, 15) is 9.18 Å². The SMILES string of the molecule is CC(C)(C)OC(=O)NCCC#Cc1ccc(N)cc1F. The normalized spacial score (nSPS) is 10.4. The third-order valence-corrected chi connectivity index (χ3v) is 2.13. The number of hydrogen-bond donors (Lipinski definition) is 2. The summed E-state index contributed by atoms with van der Waals surface area (Å²) in [6.07, 6.45) is -0.0822. The predicted octanol–water partition coefficient (Wildman–Crippen LogP) is 2.67. The lowest BCUT2D eigenvalue weighted by Crippen LogP contribution is -2.32. The van der Waals surface area contributed by atoms with Crippen molar-refractivity contribution in [2.45, 2.75) is 32.8 Å². The zero-order chi connectivity index (χ0) is 15.2. The van der Waals surface area contributed by atoms with Crippen molar-refractivity contribution in [1.29, 1.82) is 0 Å². The van der Waals surface area contributed by atoms with E-state index in [4.69, 9.17) is 10.5 Å². The summed E-state index contributed by atoms with van der Waals surface area (Å²) in [7, 11) is 0. The van der Waals surface area contributed by atoms with Gasteiger partial charge in [0.25, 0.3) is 0 Å². The van der Waals surface area contributed by atoms with E-state index in [2.05, 4.69) is 17.2 Å². The molecule has 0 bridgehead atoms. The molecule has 0 heterocycles. The van der Waals surface area contributed by atoms with Crippen molar-refractivity contribution in [3.05, 3.63) is 29.6 Å². The fourth-order valence-corrected chi connectivity index (χ4v) is 1.33. The molecule has 4 nitrogen and oxygen atoms in total. The summed E-state index contributed by atoms with van der Waals surface area (Å²) in [5, 5.41) is 2.57. The van der Waals surface area contributed by atoms with Gasteiger partial charge in [-0.3, -0.25) is 0 Å². The minimum atomic E-state index is -0.525. The zero-order valence-electron chi connectivity index (χ0n) is 11.9. The molecule has 0 unspecified atom stereocenters. The molecule has 5 heteroatoms. The number of ether oxygens (including phenoxy) is 1. The van der Waals surface area contributed by atoms with Crippen LogP contribution in [0.25, 0.3) is 0 Å². The molecule has 1 aromatic rings. The number of alkyl carbamates (subject to hydrolysis) is 1. The number of benzene rings is 1. The summed E-state index contributed by atoms with van der Waals surface area (Å²) in [5.41, 5.74) is 5.56. The molecule has 0 aromatic heterocycles. The Bertz CT molecular complexity index is 539. The minimum absolute atomic E-state index is 0.288. The van der Waals surface area contributed by atoms with E-state index in [0.717, 1.165) is 0 Å². The van der Waals surface area contributed by atoms with Gasteiger partial charge in [0.05, 0.1) is 5.56 Å². The molecule has 0 atom stereocenters. The number of nitrogen functional groups attached to an aromatic ring is 1. The van der Waals surface area contributed by atoms with Crippen molar-refractivity contribution in [1.82, 2.24) is 5.32 Å². The summed E-state index contributed by atoms with van der Waals surface area (Å²) in [4.78, 5) is 11.3. The van der Waals surface area contributed by atoms with Crippen molar-refractivity contribution < 1.29 is 13.9 Å². The summed E-state index contributed by atoms with van der Waals surface area (Å²) in [6.45, 7) is 5.71. The second-order valence-electron chi connectivity index (χ2n) is 5.22. The molecule has 0 radical (unpaired) electrons. The van der Waals surface area contributed by atoms with E-state index in [1.165, 1.54) is 12.1 Å². The lowest BCUT2D eigenvalue weighted by molar-refractivity contribution is 0.0529. The van der Waals surface area contributed by atoms with Crippen molar-refractivity contribution in [2.24, 2.45) is 0 Å². The second kappa shape index (κ2) is 6.80. The number of nitrogens with one attached hydrogen (secondary N) is 1. The van der Waals surface area contributed by atoms with Crippen molar-refractivity contribution in [2.75, 3.05) is 12.3 Å². The molecule has 0 spiro atoms. The molecule has 0 aliphatic heterocycles. The first-order valence-electron chi connectivity index (χ1n) is 6.29. The highest BCUT2D eigenvalue weighted by atomic mass is 19.1. The number of carbonyl (C=O) groups is 1. The van der Waals surface area contributed by atoms with Crippen LogP contribution >= 0.6 is 0 Å². The first-order valence-corrected chi connectivity index (χ1v) is 6.29. The third kappa shape index (κ3) is 6.10. The van der Waals surface area contributed by atoms with Crippen LogP contribution in [0.4, 0.5) is 14.9 Å². The van der Waals surface area contributed by atoms with Gasteiger partial charge in [-0.15, -0.1) is 0 Å². The predicted molar refractivity (Wildman–Crippen MR) is 76.5 cm³/mol. The molecule has 0 saturated heterocycles. The van der Waals surface area contributed by atoms with Gasteiger partial charge in [0, 0.05) is 18.7 Å². The van der Waals surface area contributed by atoms with Crippen LogP contribution in [-0.2, 0) is 4.74 Å². The van der Waals surface area contributed by atoms with Gasteiger partial charge in [-0.25, -0.2) is 9.18 Å². The van der Waals surface area contributed by atoms with E-state index in [1.807, 2.05) is 0 Å². The maximum Gasteiger partial charge on any atom is 0.407 e. The molecule has 0 saturated carbocycles.